The van der Waals surface area contributed by atoms with Crippen molar-refractivity contribution >= 4 is 5.78 Å². The molecule has 3 nitrogen and oxygen atoms in total. The Balaban J connectivity index is 2.02. The lowest BCUT2D eigenvalue weighted by Crippen LogP contribution is -2.02. The van der Waals surface area contributed by atoms with E-state index in [2.05, 4.69) is 4.98 Å². The van der Waals surface area contributed by atoms with E-state index in [1.807, 2.05) is 12.1 Å². The summed E-state index contributed by atoms with van der Waals surface area (Å²) in [6.45, 7) is 0. The zero-order valence-corrected chi connectivity index (χ0v) is 10.6. The molecule has 1 aromatic carbocycles. The molecule has 0 saturated carbocycles. The molecule has 0 radical (unpaired) electrons. The SMILES string of the molecule is COc1ccc(C(=O)CCc2cccnc2)cc1F. The van der Waals surface area contributed by atoms with Gasteiger partial charge in [0.2, 0.25) is 0 Å². The van der Waals surface area contributed by atoms with Crippen molar-refractivity contribution in [2.45, 2.75) is 12.8 Å². The number of halogens is 1. The minimum atomic E-state index is -0.519. The Labute approximate surface area is 111 Å². The Bertz CT molecular complexity index is 570. The molecule has 2 aromatic rings. The third kappa shape index (κ3) is 3.37. The largest absolute Gasteiger partial charge is 0.494 e. The predicted octanol–water partition coefficient (Wildman–Crippen LogP) is 3.04. The van der Waals surface area contributed by atoms with Crippen LogP contribution in [-0.2, 0) is 6.42 Å². The number of benzene rings is 1. The van der Waals surface area contributed by atoms with Gasteiger partial charge in [0, 0.05) is 24.4 Å². The van der Waals surface area contributed by atoms with Gasteiger partial charge in [0.15, 0.2) is 17.3 Å². The molecule has 1 aromatic heterocycles. The first-order valence-corrected chi connectivity index (χ1v) is 5.96. The van der Waals surface area contributed by atoms with Crippen molar-refractivity contribution < 1.29 is 13.9 Å². The molecular weight excluding hydrogens is 245 g/mol. The number of ether oxygens (including phenoxy) is 1. The van der Waals surface area contributed by atoms with Crippen molar-refractivity contribution in [2.75, 3.05) is 7.11 Å². The molecular formula is C15H14FNO2. The number of hydrogen-bond acceptors (Lipinski definition) is 3. The quantitative estimate of drug-likeness (QED) is 0.775. The molecule has 2 rings (SSSR count). The lowest BCUT2D eigenvalue weighted by atomic mass is 10.0. The Kier molecular flexibility index (Phi) is 4.23. The number of hydrogen-bond donors (Lipinski definition) is 0. The van der Waals surface area contributed by atoms with Crippen LogP contribution in [0.1, 0.15) is 22.3 Å². The second-order valence-corrected chi connectivity index (χ2v) is 4.13. The van der Waals surface area contributed by atoms with Crippen LogP contribution in [0.25, 0.3) is 0 Å². The van der Waals surface area contributed by atoms with E-state index in [0.29, 0.717) is 18.4 Å². The molecule has 1 heterocycles. The van der Waals surface area contributed by atoms with Crippen LogP contribution in [0.3, 0.4) is 0 Å². The number of aryl methyl sites for hydroxylation is 1. The summed E-state index contributed by atoms with van der Waals surface area (Å²) in [5.74, 6) is -0.469. The van der Waals surface area contributed by atoms with Crippen LogP contribution >= 0.6 is 0 Å². The van der Waals surface area contributed by atoms with E-state index >= 15 is 0 Å². The molecule has 0 spiro atoms. The van der Waals surface area contributed by atoms with Crippen LogP contribution < -0.4 is 4.74 Å². The number of nitrogens with zero attached hydrogens (tertiary/aromatic N) is 1. The summed E-state index contributed by atoms with van der Waals surface area (Å²) in [4.78, 5) is 15.9. The number of Topliss-reactive ketones (excluding diaryl/α,β-unsaturated/α-hetero) is 1. The number of pyridine rings is 1. The van der Waals surface area contributed by atoms with Gasteiger partial charge in [0.05, 0.1) is 7.11 Å². The highest BCUT2D eigenvalue weighted by Gasteiger charge is 2.10. The molecule has 0 bridgehead atoms. The minimum Gasteiger partial charge on any atom is -0.494 e. The van der Waals surface area contributed by atoms with Gasteiger partial charge >= 0.3 is 0 Å². The van der Waals surface area contributed by atoms with Gasteiger partial charge in [-0.25, -0.2) is 4.39 Å². The summed E-state index contributed by atoms with van der Waals surface area (Å²) in [6.07, 6.45) is 4.34. The average molecular weight is 259 g/mol. The highest BCUT2D eigenvalue weighted by atomic mass is 19.1. The Hall–Kier alpha value is -2.23. The molecule has 0 fully saturated rings. The molecule has 0 aliphatic heterocycles. The number of carbonyl (C=O) groups is 1. The Morgan fingerprint density at radius 1 is 1.37 bits per heavy atom. The summed E-state index contributed by atoms with van der Waals surface area (Å²) in [5, 5.41) is 0. The van der Waals surface area contributed by atoms with Crippen LogP contribution in [-0.4, -0.2) is 17.9 Å². The first-order chi connectivity index (χ1) is 9.20. The number of rotatable bonds is 5. The second kappa shape index (κ2) is 6.09. The fraction of sp³-hybridized carbons (Fsp3) is 0.200. The number of ketones is 1. The molecule has 19 heavy (non-hydrogen) atoms. The normalized spacial score (nSPS) is 10.2. The standard InChI is InChI=1S/C15H14FNO2/c1-19-15-7-5-12(9-13(15)16)14(18)6-4-11-3-2-8-17-10-11/h2-3,5,7-10H,4,6H2,1H3. The van der Waals surface area contributed by atoms with Gasteiger partial charge in [-0.15, -0.1) is 0 Å². The van der Waals surface area contributed by atoms with Crippen LogP contribution in [0, 0.1) is 5.82 Å². The zero-order valence-electron chi connectivity index (χ0n) is 10.6. The zero-order chi connectivity index (χ0) is 13.7. The lowest BCUT2D eigenvalue weighted by molar-refractivity contribution is 0.0982. The number of aromatic nitrogens is 1. The van der Waals surface area contributed by atoms with Crippen LogP contribution in [0.15, 0.2) is 42.7 Å². The molecule has 0 atom stereocenters. The summed E-state index contributed by atoms with van der Waals surface area (Å²) in [5.41, 5.74) is 1.35. The van der Waals surface area contributed by atoms with Gasteiger partial charge in [-0.3, -0.25) is 9.78 Å². The molecule has 4 heteroatoms. The van der Waals surface area contributed by atoms with E-state index in [1.54, 1.807) is 18.5 Å². The van der Waals surface area contributed by atoms with Crippen molar-refractivity contribution in [1.29, 1.82) is 0 Å². The van der Waals surface area contributed by atoms with Crippen molar-refractivity contribution in [3.63, 3.8) is 0 Å². The van der Waals surface area contributed by atoms with Crippen molar-refractivity contribution in [1.82, 2.24) is 4.98 Å². The van der Waals surface area contributed by atoms with Gasteiger partial charge in [-0.1, -0.05) is 6.07 Å². The molecule has 0 saturated heterocycles. The lowest BCUT2D eigenvalue weighted by Gasteiger charge is -2.05. The van der Waals surface area contributed by atoms with Crippen LogP contribution in [0.5, 0.6) is 5.75 Å². The minimum absolute atomic E-state index is 0.0922. The first kappa shape index (κ1) is 13.2. The highest BCUT2D eigenvalue weighted by Crippen LogP contribution is 2.19. The third-order valence-electron chi connectivity index (χ3n) is 2.84. The molecule has 0 aliphatic carbocycles. The van der Waals surface area contributed by atoms with Gasteiger partial charge in [0.1, 0.15) is 0 Å². The Morgan fingerprint density at radius 2 is 2.21 bits per heavy atom. The maximum atomic E-state index is 13.5. The fourth-order valence-corrected chi connectivity index (χ4v) is 1.79. The third-order valence-corrected chi connectivity index (χ3v) is 2.84. The van der Waals surface area contributed by atoms with Gasteiger partial charge in [-0.05, 0) is 36.2 Å². The maximum Gasteiger partial charge on any atom is 0.165 e. The van der Waals surface area contributed by atoms with E-state index in [0.717, 1.165) is 5.56 Å². The van der Waals surface area contributed by atoms with Gasteiger partial charge in [-0.2, -0.15) is 0 Å². The van der Waals surface area contributed by atoms with Crippen molar-refractivity contribution in [3.8, 4) is 5.75 Å². The Morgan fingerprint density at radius 3 is 2.84 bits per heavy atom. The van der Waals surface area contributed by atoms with Crippen LogP contribution in [0.2, 0.25) is 0 Å². The monoisotopic (exact) mass is 259 g/mol. The first-order valence-electron chi connectivity index (χ1n) is 5.96. The highest BCUT2D eigenvalue weighted by molar-refractivity contribution is 5.96. The molecule has 0 aliphatic rings. The predicted molar refractivity (Wildman–Crippen MR) is 69.8 cm³/mol. The summed E-state index contributed by atoms with van der Waals surface area (Å²) in [6, 6.07) is 7.99. The maximum absolute atomic E-state index is 13.5. The summed E-state index contributed by atoms with van der Waals surface area (Å²) >= 11 is 0. The van der Waals surface area contributed by atoms with Crippen molar-refractivity contribution in [3.05, 3.63) is 59.7 Å². The van der Waals surface area contributed by atoms with Gasteiger partial charge < -0.3 is 4.74 Å². The molecule has 0 unspecified atom stereocenters. The smallest absolute Gasteiger partial charge is 0.165 e. The van der Waals surface area contributed by atoms with Crippen molar-refractivity contribution in [2.24, 2.45) is 0 Å². The second-order valence-electron chi connectivity index (χ2n) is 4.13. The van der Waals surface area contributed by atoms with E-state index in [-0.39, 0.29) is 11.5 Å². The topological polar surface area (TPSA) is 39.2 Å². The molecule has 0 N–H and O–H groups in total. The summed E-state index contributed by atoms with van der Waals surface area (Å²) in [7, 11) is 1.39. The van der Waals surface area contributed by atoms with E-state index < -0.39 is 5.82 Å². The van der Waals surface area contributed by atoms with E-state index in [9.17, 15) is 9.18 Å². The summed E-state index contributed by atoms with van der Waals surface area (Å²) < 4.78 is 18.3. The van der Waals surface area contributed by atoms with Crippen LogP contribution in [0.4, 0.5) is 4.39 Å². The number of methoxy groups -OCH3 is 1. The van der Waals surface area contributed by atoms with Gasteiger partial charge in [0.25, 0.3) is 0 Å². The van der Waals surface area contributed by atoms with E-state index in [1.165, 1.54) is 19.2 Å². The average Bonchev–Trinajstić information content (AvgIpc) is 2.45. The molecule has 0 amide bonds. The fourth-order valence-electron chi connectivity index (χ4n) is 1.79. The van der Waals surface area contributed by atoms with E-state index in [4.69, 9.17) is 4.74 Å². The molecule has 98 valence electrons. The number of carbonyl (C=O) groups excluding carboxylic acids is 1.